The third-order valence-corrected chi connectivity index (χ3v) is 4.12. The number of benzene rings is 1. The van der Waals surface area contributed by atoms with Crippen LogP contribution in [0, 0.1) is 10.1 Å². The number of nitrogens with two attached hydrogens (primary N) is 1. The molecule has 0 bridgehead atoms. The third-order valence-electron chi connectivity index (χ3n) is 2.23. The van der Waals surface area contributed by atoms with Crippen LogP contribution in [-0.4, -0.2) is 32.4 Å². The van der Waals surface area contributed by atoms with Gasteiger partial charge in [0.1, 0.15) is 4.90 Å². The maximum atomic E-state index is 12.9. The number of alkyl halides is 2. The molecule has 0 aliphatic rings. The van der Waals surface area contributed by atoms with Crippen LogP contribution in [0.4, 0.5) is 14.5 Å². The van der Waals surface area contributed by atoms with Gasteiger partial charge < -0.3 is 5.73 Å². The Hall–Kier alpha value is -1.36. The predicted octanol–water partition coefficient (Wildman–Crippen LogP) is 1.12. The number of halogens is 3. The molecule has 3 N–H and O–H groups in total. The lowest BCUT2D eigenvalue weighted by Crippen LogP contribution is -2.41. The quantitative estimate of drug-likeness (QED) is 0.599. The van der Waals surface area contributed by atoms with Gasteiger partial charge in [0.05, 0.1) is 23.0 Å². The fourth-order valence-corrected chi connectivity index (χ4v) is 2.74. The molecule has 0 radical (unpaired) electrons. The zero-order valence-electron chi connectivity index (χ0n) is 9.85. The van der Waals surface area contributed by atoms with Crippen LogP contribution >= 0.6 is 11.6 Å². The van der Waals surface area contributed by atoms with E-state index in [1.807, 2.05) is 0 Å². The molecule has 7 nitrogen and oxygen atoms in total. The van der Waals surface area contributed by atoms with Crippen molar-refractivity contribution in [2.45, 2.75) is 10.8 Å². The first-order valence-corrected chi connectivity index (χ1v) is 6.97. The van der Waals surface area contributed by atoms with Crippen molar-refractivity contribution in [1.29, 1.82) is 0 Å². The molecule has 0 amide bonds. The molecule has 0 spiro atoms. The van der Waals surface area contributed by atoms with Crippen LogP contribution in [0.25, 0.3) is 0 Å². The van der Waals surface area contributed by atoms with Crippen LogP contribution < -0.4 is 10.5 Å². The molecule has 0 saturated heterocycles. The number of hydrogen-bond donors (Lipinski definition) is 2. The highest BCUT2D eigenvalue weighted by molar-refractivity contribution is 7.89. The Kier molecular flexibility index (Phi) is 4.97. The van der Waals surface area contributed by atoms with E-state index in [0.717, 1.165) is 12.1 Å². The first-order chi connectivity index (χ1) is 9.09. The summed E-state index contributed by atoms with van der Waals surface area (Å²) >= 11 is 5.62. The largest absolute Gasteiger partial charge is 0.325 e. The Morgan fingerprint density at radius 2 is 2.05 bits per heavy atom. The molecule has 0 saturated carbocycles. The average Bonchev–Trinajstić information content (AvgIpc) is 2.37. The van der Waals surface area contributed by atoms with Gasteiger partial charge in [-0.15, -0.1) is 0 Å². The van der Waals surface area contributed by atoms with Gasteiger partial charge in [-0.05, 0) is 6.07 Å². The van der Waals surface area contributed by atoms with Crippen molar-refractivity contribution >= 4 is 27.3 Å². The summed E-state index contributed by atoms with van der Waals surface area (Å²) in [5, 5.41) is 10.2. The summed E-state index contributed by atoms with van der Waals surface area (Å²) in [6.07, 6.45) is 0. The van der Waals surface area contributed by atoms with E-state index in [9.17, 15) is 27.3 Å². The van der Waals surface area contributed by atoms with Gasteiger partial charge in [-0.3, -0.25) is 10.1 Å². The molecule has 11 heteroatoms. The molecule has 0 aromatic heterocycles. The Bertz CT molecular complexity index is 624. The summed E-state index contributed by atoms with van der Waals surface area (Å²) in [6.45, 7) is -2.27. The average molecular weight is 330 g/mol. The van der Waals surface area contributed by atoms with Crippen LogP contribution in [0.1, 0.15) is 0 Å². The van der Waals surface area contributed by atoms with Crippen molar-refractivity contribution in [3.8, 4) is 0 Å². The van der Waals surface area contributed by atoms with E-state index in [1.54, 1.807) is 4.72 Å². The highest BCUT2D eigenvalue weighted by atomic mass is 35.5. The van der Waals surface area contributed by atoms with Crippen molar-refractivity contribution in [3.05, 3.63) is 33.3 Å². The van der Waals surface area contributed by atoms with E-state index >= 15 is 0 Å². The van der Waals surface area contributed by atoms with E-state index < -0.39 is 44.5 Å². The fraction of sp³-hybridized carbons (Fsp3) is 0.333. The second-order valence-electron chi connectivity index (χ2n) is 3.76. The second kappa shape index (κ2) is 5.95. The zero-order chi connectivity index (χ0) is 15.6. The highest BCUT2D eigenvalue weighted by Gasteiger charge is 2.30. The normalized spacial score (nSPS) is 12.4. The summed E-state index contributed by atoms with van der Waals surface area (Å²) in [6, 6.07) is 2.68. The van der Waals surface area contributed by atoms with Gasteiger partial charge in [0.25, 0.3) is 11.6 Å². The Morgan fingerprint density at radius 3 is 2.55 bits per heavy atom. The number of nitro benzene ring substituents is 1. The minimum absolute atomic E-state index is 0.320. The first kappa shape index (κ1) is 16.7. The maximum Gasteiger partial charge on any atom is 0.273 e. The van der Waals surface area contributed by atoms with Crippen molar-refractivity contribution in [2.75, 3.05) is 13.1 Å². The van der Waals surface area contributed by atoms with E-state index in [2.05, 4.69) is 0 Å². The lowest BCUT2D eigenvalue weighted by Gasteiger charge is -2.15. The number of rotatable bonds is 6. The molecule has 0 aliphatic carbocycles. The number of nitrogens with one attached hydrogen (secondary N) is 1. The summed E-state index contributed by atoms with van der Waals surface area (Å²) in [5.74, 6) is -3.43. The lowest BCUT2D eigenvalue weighted by atomic mass is 10.3. The van der Waals surface area contributed by atoms with Crippen molar-refractivity contribution in [2.24, 2.45) is 5.73 Å². The van der Waals surface area contributed by atoms with Crippen LogP contribution in [0.5, 0.6) is 0 Å². The number of nitro groups is 1. The predicted molar refractivity (Wildman–Crippen MR) is 67.3 cm³/mol. The van der Waals surface area contributed by atoms with E-state index in [0.29, 0.717) is 6.07 Å². The molecule has 112 valence electrons. The molecule has 1 aromatic carbocycles. The number of hydrogen-bond acceptors (Lipinski definition) is 5. The summed E-state index contributed by atoms with van der Waals surface area (Å²) in [5.41, 5.74) is 4.24. The van der Waals surface area contributed by atoms with E-state index in [1.165, 1.54) is 0 Å². The summed E-state index contributed by atoms with van der Waals surface area (Å²) in [4.78, 5) is 9.08. The molecule has 0 aliphatic heterocycles. The topological polar surface area (TPSA) is 115 Å². The van der Waals surface area contributed by atoms with Gasteiger partial charge in [0, 0.05) is 12.1 Å². The van der Waals surface area contributed by atoms with E-state index in [4.69, 9.17) is 17.3 Å². The van der Waals surface area contributed by atoms with Gasteiger partial charge in [0.2, 0.25) is 10.0 Å². The molecule has 20 heavy (non-hydrogen) atoms. The molecular weight excluding hydrogens is 320 g/mol. The van der Waals surface area contributed by atoms with Crippen molar-refractivity contribution in [1.82, 2.24) is 4.72 Å². The molecule has 0 atom stereocenters. The molecular formula is C9H10ClF2N3O4S. The van der Waals surface area contributed by atoms with Crippen LogP contribution in [-0.2, 0) is 10.0 Å². The van der Waals surface area contributed by atoms with Crippen LogP contribution in [0.15, 0.2) is 23.1 Å². The number of nitrogens with zero attached hydrogens (tertiary/aromatic N) is 1. The molecule has 0 fully saturated rings. The summed E-state index contributed by atoms with van der Waals surface area (Å²) < 4.78 is 51.0. The highest BCUT2D eigenvalue weighted by Crippen LogP contribution is 2.26. The zero-order valence-corrected chi connectivity index (χ0v) is 11.4. The van der Waals surface area contributed by atoms with Crippen molar-refractivity contribution < 1.29 is 22.1 Å². The minimum atomic E-state index is -4.41. The Balaban J connectivity index is 3.09. The maximum absolute atomic E-state index is 12.9. The van der Waals surface area contributed by atoms with Gasteiger partial charge in [0.15, 0.2) is 0 Å². The van der Waals surface area contributed by atoms with E-state index in [-0.39, 0.29) is 5.02 Å². The van der Waals surface area contributed by atoms with Crippen molar-refractivity contribution in [3.63, 3.8) is 0 Å². The second-order valence-corrected chi connectivity index (χ2v) is 5.90. The SMILES string of the molecule is NCC(F)(F)CNS(=O)(=O)c1cc([N+](=O)[O-])ccc1Cl. The van der Waals surface area contributed by atoms with Gasteiger partial charge in [-0.1, -0.05) is 11.6 Å². The summed E-state index contributed by atoms with van der Waals surface area (Å²) in [7, 11) is -4.41. The van der Waals surface area contributed by atoms with Crippen LogP contribution in [0.2, 0.25) is 5.02 Å². The molecule has 1 rings (SSSR count). The molecule has 0 heterocycles. The molecule has 1 aromatic rings. The number of sulfonamides is 1. The van der Waals surface area contributed by atoms with Gasteiger partial charge in [-0.25, -0.2) is 21.9 Å². The minimum Gasteiger partial charge on any atom is -0.325 e. The fourth-order valence-electron chi connectivity index (χ4n) is 1.16. The monoisotopic (exact) mass is 329 g/mol. The smallest absolute Gasteiger partial charge is 0.273 e. The molecule has 0 unspecified atom stereocenters. The lowest BCUT2D eigenvalue weighted by molar-refractivity contribution is -0.385. The standard InChI is InChI=1S/C9H10ClF2N3O4S/c10-7-2-1-6(15(16)17)3-8(7)20(18,19)14-5-9(11,12)4-13/h1-3,14H,4-5,13H2. The first-order valence-electron chi connectivity index (χ1n) is 5.10. The Labute approximate surface area is 117 Å². The number of non-ortho nitro benzene ring substituents is 1. The van der Waals surface area contributed by atoms with Crippen LogP contribution in [0.3, 0.4) is 0 Å². The Morgan fingerprint density at radius 1 is 1.45 bits per heavy atom. The van der Waals surface area contributed by atoms with Gasteiger partial charge in [-0.2, -0.15) is 0 Å². The van der Waals surface area contributed by atoms with Gasteiger partial charge >= 0.3 is 0 Å². The third kappa shape index (κ3) is 4.07.